The average Bonchev–Trinajstić information content (AvgIpc) is 2.90. The highest BCUT2D eigenvalue weighted by Crippen LogP contribution is 2.28. The zero-order valence-electron chi connectivity index (χ0n) is 19.2. The van der Waals surface area contributed by atoms with Crippen molar-refractivity contribution in [2.75, 3.05) is 0 Å². The first-order valence-electron chi connectivity index (χ1n) is 11.7. The number of benzene rings is 3. The normalized spacial score (nSPS) is 11.2. The molecule has 0 fully saturated rings. The van der Waals surface area contributed by atoms with E-state index in [1.807, 2.05) is 0 Å². The van der Waals surface area contributed by atoms with Gasteiger partial charge in [0.15, 0.2) is 25.1 Å². The Kier molecular flexibility index (Phi) is 5.12. The Morgan fingerprint density at radius 1 is 0.618 bits per heavy atom. The van der Waals surface area contributed by atoms with Gasteiger partial charge in [0, 0.05) is 35.2 Å². The maximum absolute atomic E-state index is 2.37. The van der Waals surface area contributed by atoms with Gasteiger partial charge in [-0.3, -0.25) is 0 Å². The largest absolute Gasteiger partial charge is 0.218 e. The minimum Gasteiger partial charge on any atom is -0.194 e. The predicted molar refractivity (Wildman–Crippen MR) is 138 cm³/mol. The van der Waals surface area contributed by atoms with Crippen LogP contribution in [0.3, 0.4) is 0 Å². The highest BCUT2D eigenvalue weighted by molar-refractivity contribution is 5.95. The number of aryl methyl sites for hydroxylation is 1. The van der Waals surface area contributed by atoms with Crippen LogP contribution in [0.15, 0.2) is 128 Å². The molecule has 0 aliphatic heterocycles. The maximum Gasteiger partial charge on any atom is 0.218 e. The Bertz CT molecular complexity index is 1630. The number of nitrogens with zero attached hydrogens (tertiary/aromatic N) is 2. The lowest BCUT2D eigenvalue weighted by Crippen LogP contribution is -2.37. The van der Waals surface area contributed by atoms with Crippen LogP contribution in [0, 0.1) is 6.92 Å². The minimum atomic E-state index is 0.795. The Balaban J connectivity index is 1.50. The number of fused-ring (bicyclic) bond motifs is 3. The molecule has 0 bridgehead atoms. The quantitative estimate of drug-likeness (QED) is 0.218. The molecule has 3 heterocycles. The molecule has 0 N–H and O–H groups in total. The van der Waals surface area contributed by atoms with E-state index in [4.69, 9.17) is 0 Å². The first-order valence-corrected chi connectivity index (χ1v) is 11.7. The molecule has 0 aliphatic carbocycles. The van der Waals surface area contributed by atoms with Gasteiger partial charge < -0.3 is 0 Å². The van der Waals surface area contributed by atoms with E-state index in [1.165, 1.54) is 49.8 Å². The molecule has 0 spiro atoms. The van der Waals surface area contributed by atoms with Gasteiger partial charge in [0.25, 0.3) is 0 Å². The number of hydrogen-bond donors (Lipinski definition) is 0. The smallest absolute Gasteiger partial charge is 0.194 e. The molecule has 0 radical (unpaired) electrons. The molecule has 6 aromatic rings. The van der Waals surface area contributed by atoms with Crippen molar-refractivity contribution in [3.8, 4) is 22.4 Å². The fourth-order valence-electron chi connectivity index (χ4n) is 4.90. The molecule has 6 rings (SSSR count). The zero-order chi connectivity index (χ0) is 22.9. The Morgan fingerprint density at radius 3 is 2.24 bits per heavy atom. The van der Waals surface area contributed by atoms with Crippen molar-refractivity contribution in [1.29, 1.82) is 0 Å². The van der Waals surface area contributed by atoms with Crippen LogP contribution in [0.5, 0.6) is 0 Å². The lowest BCUT2D eigenvalue weighted by atomic mass is 9.97. The van der Waals surface area contributed by atoms with Crippen LogP contribution >= 0.6 is 0 Å². The van der Waals surface area contributed by atoms with Gasteiger partial charge in [-0.25, -0.2) is 0 Å². The molecule has 3 aromatic heterocycles. The molecule has 0 unspecified atom stereocenters. The first kappa shape index (κ1) is 20.3. The van der Waals surface area contributed by atoms with E-state index in [-0.39, 0.29) is 0 Å². The fourth-order valence-corrected chi connectivity index (χ4v) is 4.90. The summed E-state index contributed by atoms with van der Waals surface area (Å²) in [6.45, 7) is 2.99. The lowest BCUT2D eigenvalue weighted by Gasteiger charge is -2.10. The highest BCUT2D eigenvalue weighted by Gasteiger charge is 2.20. The lowest BCUT2D eigenvalue weighted by molar-refractivity contribution is -0.678. The van der Waals surface area contributed by atoms with Crippen LogP contribution in [0.2, 0.25) is 0 Å². The molecule has 2 nitrogen and oxygen atoms in total. The summed E-state index contributed by atoms with van der Waals surface area (Å²) in [6, 6.07) is 39.0. The van der Waals surface area contributed by atoms with Gasteiger partial charge in [0.05, 0.1) is 10.9 Å². The molecule has 0 atom stereocenters. The van der Waals surface area contributed by atoms with Crippen molar-refractivity contribution in [1.82, 2.24) is 0 Å². The van der Waals surface area contributed by atoms with E-state index < -0.39 is 0 Å². The second-order valence-corrected chi connectivity index (χ2v) is 8.80. The molecule has 34 heavy (non-hydrogen) atoms. The molecule has 2 heteroatoms. The van der Waals surface area contributed by atoms with Crippen molar-refractivity contribution in [2.45, 2.75) is 13.5 Å². The zero-order valence-corrected chi connectivity index (χ0v) is 19.2. The Hall–Kier alpha value is -4.30. The van der Waals surface area contributed by atoms with Crippen LogP contribution in [0.25, 0.3) is 38.7 Å². The van der Waals surface area contributed by atoms with Gasteiger partial charge in [0.2, 0.25) is 11.2 Å². The third-order valence-electron chi connectivity index (χ3n) is 6.64. The monoisotopic (exact) mass is 438 g/mol. The van der Waals surface area contributed by atoms with Gasteiger partial charge >= 0.3 is 0 Å². The van der Waals surface area contributed by atoms with Crippen LogP contribution in [-0.4, -0.2) is 0 Å². The van der Waals surface area contributed by atoms with Gasteiger partial charge in [-0.1, -0.05) is 60.7 Å². The fraction of sp³-hybridized carbons (Fsp3) is 0.0625. The Morgan fingerprint density at radius 2 is 1.35 bits per heavy atom. The van der Waals surface area contributed by atoms with Crippen molar-refractivity contribution >= 4 is 16.3 Å². The summed E-state index contributed by atoms with van der Waals surface area (Å²) in [5.74, 6) is 0. The standard InChI is InChI=1S/C32H26N2/c1-24-17-18-26(25-11-3-2-4-12-25)21-30(24)32-16-8-10-20-34(32)23-27-22-33-19-9-7-15-31(33)29-14-6-5-13-28(27)29/h2-22H,23H2,1H3/q+2. The molecule has 3 aromatic carbocycles. The van der Waals surface area contributed by atoms with Crippen molar-refractivity contribution in [2.24, 2.45) is 0 Å². The first-order chi connectivity index (χ1) is 16.8. The van der Waals surface area contributed by atoms with Crippen LogP contribution < -0.4 is 8.97 Å². The second-order valence-electron chi connectivity index (χ2n) is 8.80. The van der Waals surface area contributed by atoms with E-state index in [2.05, 4.69) is 144 Å². The van der Waals surface area contributed by atoms with E-state index in [1.54, 1.807) is 0 Å². The van der Waals surface area contributed by atoms with Gasteiger partial charge in [-0.15, -0.1) is 0 Å². The van der Waals surface area contributed by atoms with Crippen LogP contribution in [-0.2, 0) is 6.54 Å². The molecule has 0 aliphatic rings. The topological polar surface area (TPSA) is 7.98 Å². The van der Waals surface area contributed by atoms with Crippen molar-refractivity contribution in [3.63, 3.8) is 0 Å². The van der Waals surface area contributed by atoms with Crippen LogP contribution in [0.1, 0.15) is 11.1 Å². The molecule has 162 valence electrons. The summed E-state index contributed by atoms with van der Waals surface area (Å²) >= 11 is 0. The summed E-state index contributed by atoms with van der Waals surface area (Å²) in [7, 11) is 0. The van der Waals surface area contributed by atoms with E-state index in [0.29, 0.717) is 0 Å². The number of aromatic nitrogens is 2. The predicted octanol–water partition coefficient (Wildman–Crippen LogP) is 6.56. The summed E-state index contributed by atoms with van der Waals surface area (Å²) in [5.41, 5.74) is 8.77. The van der Waals surface area contributed by atoms with Gasteiger partial charge in [0.1, 0.15) is 0 Å². The number of rotatable bonds is 4. The second kappa shape index (κ2) is 8.57. The molecule has 0 amide bonds. The molecule has 0 saturated carbocycles. The van der Waals surface area contributed by atoms with E-state index >= 15 is 0 Å². The number of pyridine rings is 3. The van der Waals surface area contributed by atoms with Gasteiger partial charge in [-0.2, -0.15) is 8.97 Å². The van der Waals surface area contributed by atoms with Crippen molar-refractivity contribution in [3.05, 3.63) is 139 Å². The van der Waals surface area contributed by atoms with E-state index in [9.17, 15) is 0 Å². The molecular weight excluding hydrogens is 412 g/mol. The molecular formula is C32H26N2+2. The third kappa shape index (κ3) is 3.64. The number of hydrogen-bond acceptors (Lipinski definition) is 0. The Labute approximate surface area is 200 Å². The SMILES string of the molecule is Cc1ccc(-c2ccccc2)cc1-c1cccc[n+]1Cc1c[n+]2ccccc2c2ccccc12. The summed E-state index contributed by atoms with van der Waals surface area (Å²) in [6.07, 6.45) is 6.60. The molecule has 0 saturated heterocycles. The van der Waals surface area contributed by atoms with Crippen LogP contribution in [0.4, 0.5) is 0 Å². The summed E-state index contributed by atoms with van der Waals surface area (Å²) in [4.78, 5) is 0. The highest BCUT2D eigenvalue weighted by atomic mass is 15.0. The van der Waals surface area contributed by atoms with E-state index in [0.717, 1.165) is 6.54 Å². The van der Waals surface area contributed by atoms with Gasteiger partial charge in [-0.05, 0) is 47.9 Å². The summed E-state index contributed by atoms with van der Waals surface area (Å²) < 4.78 is 4.61. The van der Waals surface area contributed by atoms with Crippen molar-refractivity contribution < 1.29 is 8.97 Å². The summed E-state index contributed by atoms with van der Waals surface area (Å²) in [5, 5.41) is 2.58. The third-order valence-corrected chi connectivity index (χ3v) is 6.64. The minimum absolute atomic E-state index is 0.795. The maximum atomic E-state index is 2.37. The average molecular weight is 439 g/mol.